The summed E-state index contributed by atoms with van der Waals surface area (Å²) in [5.74, 6) is 0. The van der Waals surface area contributed by atoms with Crippen molar-refractivity contribution in [2.45, 2.75) is 25.0 Å². The summed E-state index contributed by atoms with van der Waals surface area (Å²) in [6, 6.07) is 0. The smallest absolute Gasteiger partial charge is 0.0786 e. The fraction of sp³-hybridized carbons (Fsp3) is 1.00. The maximum absolute atomic E-state index is 5.43. The first-order valence-electron chi connectivity index (χ1n) is 4.38. The van der Waals surface area contributed by atoms with Crippen molar-refractivity contribution < 1.29 is 9.47 Å². The molecule has 2 atom stereocenters. The lowest BCUT2D eigenvalue weighted by Gasteiger charge is -2.35. The molecule has 1 aliphatic rings. The van der Waals surface area contributed by atoms with Crippen molar-refractivity contribution in [2.75, 3.05) is 34.4 Å². The van der Waals surface area contributed by atoms with Gasteiger partial charge in [-0.3, -0.25) is 4.90 Å². The molecule has 3 heteroatoms. The topological polar surface area (TPSA) is 21.7 Å². The van der Waals surface area contributed by atoms with Crippen LogP contribution < -0.4 is 0 Å². The van der Waals surface area contributed by atoms with Crippen LogP contribution in [0.15, 0.2) is 0 Å². The van der Waals surface area contributed by atoms with E-state index in [0.717, 1.165) is 19.6 Å². The Hall–Kier alpha value is -0.120. The maximum Gasteiger partial charge on any atom is 0.0786 e. The van der Waals surface area contributed by atoms with Crippen molar-refractivity contribution in [2.24, 2.45) is 0 Å². The lowest BCUT2D eigenvalue weighted by atomic mass is 9.97. The molecule has 1 saturated heterocycles. The van der Waals surface area contributed by atoms with Crippen LogP contribution in [0.25, 0.3) is 0 Å². The average Bonchev–Trinajstić information content (AvgIpc) is 2.30. The van der Waals surface area contributed by atoms with Crippen LogP contribution in [-0.2, 0) is 9.47 Å². The summed E-state index contributed by atoms with van der Waals surface area (Å²) in [6.07, 6.45) is 1.41. The van der Waals surface area contributed by atoms with Gasteiger partial charge in [0.1, 0.15) is 0 Å². The predicted molar refractivity (Wildman–Crippen MR) is 48.3 cm³/mol. The summed E-state index contributed by atoms with van der Waals surface area (Å²) >= 11 is 0. The fourth-order valence-corrected chi connectivity index (χ4v) is 1.99. The Morgan fingerprint density at radius 1 is 1.50 bits per heavy atom. The van der Waals surface area contributed by atoms with E-state index < -0.39 is 0 Å². The Morgan fingerprint density at radius 3 is 2.67 bits per heavy atom. The Labute approximate surface area is 74.6 Å². The number of likely N-dealkylation sites (N-methyl/N-ethyl adjacent to an activating group) is 1. The Balaban J connectivity index is 2.66. The van der Waals surface area contributed by atoms with E-state index in [9.17, 15) is 0 Å². The zero-order chi connectivity index (χ0) is 9.19. The first-order valence-corrected chi connectivity index (χ1v) is 4.38. The molecule has 1 fully saturated rings. The van der Waals surface area contributed by atoms with Crippen molar-refractivity contribution in [1.29, 1.82) is 0 Å². The Morgan fingerprint density at radius 2 is 2.17 bits per heavy atom. The van der Waals surface area contributed by atoms with Gasteiger partial charge in [0, 0.05) is 20.8 Å². The van der Waals surface area contributed by atoms with Crippen molar-refractivity contribution in [3.63, 3.8) is 0 Å². The largest absolute Gasteiger partial charge is 0.383 e. The monoisotopic (exact) mass is 173 g/mol. The molecule has 0 N–H and O–H groups in total. The molecule has 12 heavy (non-hydrogen) atoms. The van der Waals surface area contributed by atoms with E-state index in [1.54, 1.807) is 14.2 Å². The lowest BCUT2D eigenvalue weighted by Crippen LogP contribution is -2.50. The standard InChI is InChI=1S/C9H19NO2/c1-9(7-11-3)8(12-4)5-6-10(9)2/h8H,5-7H2,1-4H3. The van der Waals surface area contributed by atoms with Crippen LogP contribution in [0.4, 0.5) is 0 Å². The number of likely N-dealkylation sites (tertiary alicyclic amines) is 1. The second-order valence-corrected chi connectivity index (χ2v) is 3.72. The molecule has 1 aliphatic heterocycles. The zero-order valence-corrected chi connectivity index (χ0v) is 8.46. The van der Waals surface area contributed by atoms with Crippen LogP contribution in [0.2, 0.25) is 0 Å². The van der Waals surface area contributed by atoms with Crippen molar-refractivity contribution >= 4 is 0 Å². The third-order valence-corrected chi connectivity index (χ3v) is 3.01. The van der Waals surface area contributed by atoms with Crippen molar-refractivity contribution in [3.05, 3.63) is 0 Å². The molecule has 1 heterocycles. The van der Waals surface area contributed by atoms with Gasteiger partial charge >= 0.3 is 0 Å². The van der Waals surface area contributed by atoms with Gasteiger partial charge < -0.3 is 9.47 Å². The van der Waals surface area contributed by atoms with Gasteiger partial charge in [-0.1, -0.05) is 0 Å². The number of methoxy groups -OCH3 is 2. The Bertz CT molecular complexity index is 151. The zero-order valence-electron chi connectivity index (χ0n) is 8.46. The average molecular weight is 173 g/mol. The molecule has 0 bridgehead atoms. The van der Waals surface area contributed by atoms with Crippen molar-refractivity contribution in [3.8, 4) is 0 Å². The molecule has 0 aromatic rings. The van der Waals surface area contributed by atoms with E-state index in [2.05, 4.69) is 18.9 Å². The highest BCUT2D eigenvalue weighted by Gasteiger charge is 2.43. The molecule has 0 aliphatic carbocycles. The normalized spacial score (nSPS) is 37.5. The Kier molecular flexibility index (Phi) is 3.09. The molecular formula is C9H19NO2. The molecule has 0 radical (unpaired) electrons. The minimum atomic E-state index is 0.0590. The summed E-state index contributed by atoms with van der Waals surface area (Å²) in [6.45, 7) is 4.03. The fourth-order valence-electron chi connectivity index (χ4n) is 1.99. The molecule has 2 unspecified atom stereocenters. The summed E-state index contributed by atoms with van der Waals surface area (Å²) < 4.78 is 10.6. The predicted octanol–water partition coefficient (Wildman–Crippen LogP) is 0.742. The third-order valence-electron chi connectivity index (χ3n) is 3.01. The number of rotatable bonds is 3. The van der Waals surface area contributed by atoms with Gasteiger partial charge in [-0.2, -0.15) is 0 Å². The summed E-state index contributed by atoms with van der Waals surface area (Å²) in [4.78, 5) is 2.31. The minimum absolute atomic E-state index is 0.0590. The van der Waals surface area contributed by atoms with E-state index in [0.29, 0.717) is 6.10 Å². The van der Waals surface area contributed by atoms with E-state index in [-0.39, 0.29) is 5.54 Å². The van der Waals surface area contributed by atoms with Crippen LogP contribution >= 0.6 is 0 Å². The number of hydrogen-bond acceptors (Lipinski definition) is 3. The highest BCUT2D eigenvalue weighted by Crippen LogP contribution is 2.29. The van der Waals surface area contributed by atoms with Gasteiger partial charge in [-0.25, -0.2) is 0 Å². The van der Waals surface area contributed by atoms with Crippen molar-refractivity contribution in [1.82, 2.24) is 4.90 Å². The van der Waals surface area contributed by atoms with Crippen LogP contribution in [-0.4, -0.2) is 51.0 Å². The molecular weight excluding hydrogens is 154 g/mol. The first kappa shape index (κ1) is 9.96. The molecule has 0 amide bonds. The molecule has 72 valence electrons. The number of nitrogens with zero attached hydrogens (tertiary/aromatic N) is 1. The third kappa shape index (κ3) is 1.49. The second kappa shape index (κ2) is 3.73. The van der Waals surface area contributed by atoms with Gasteiger partial charge in [0.25, 0.3) is 0 Å². The van der Waals surface area contributed by atoms with E-state index >= 15 is 0 Å². The molecule has 0 spiro atoms. The van der Waals surface area contributed by atoms with Gasteiger partial charge in [-0.05, 0) is 20.4 Å². The highest BCUT2D eigenvalue weighted by molar-refractivity contribution is 4.98. The lowest BCUT2D eigenvalue weighted by molar-refractivity contribution is -0.0274. The molecule has 0 aromatic heterocycles. The van der Waals surface area contributed by atoms with Gasteiger partial charge in [0.05, 0.1) is 18.2 Å². The molecule has 0 aromatic carbocycles. The highest BCUT2D eigenvalue weighted by atomic mass is 16.5. The minimum Gasteiger partial charge on any atom is -0.383 e. The molecule has 1 rings (SSSR count). The van der Waals surface area contributed by atoms with E-state index in [1.807, 2.05) is 0 Å². The van der Waals surface area contributed by atoms with E-state index in [1.165, 1.54) is 0 Å². The SMILES string of the molecule is COCC1(C)C(OC)CCN1C. The summed E-state index contributed by atoms with van der Waals surface area (Å²) in [5, 5.41) is 0. The van der Waals surface area contributed by atoms with Crippen LogP contribution in [0.5, 0.6) is 0 Å². The molecule has 3 nitrogen and oxygen atoms in total. The van der Waals surface area contributed by atoms with Crippen LogP contribution in [0.3, 0.4) is 0 Å². The van der Waals surface area contributed by atoms with Gasteiger partial charge in [0.2, 0.25) is 0 Å². The summed E-state index contributed by atoms with van der Waals surface area (Å²) in [5.41, 5.74) is 0.0590. The second-order valence-electron chi connectivity index (χ2n) is 3.72. The number of hydrogen-bond donors (Lipinski definition) is 0. The van der Waals surface area contributed by atoms with Crippen LogP contribution in [0, 0.1) is 0 Å². The first-order chi connectivity index (χ1) is 5.65. The van der Waals surface area contributed by atoms with Gasteiger partial charge in [0.15, 0.2) is 0 Å². The maximum atomic E-state index is 5.43. The molecule has 0 saturated carbocycles. The summed E-state index contributed by atoms with van der Waals surface area (Å²) in [7, 11) is 5.64. The van der Waals surface area contributed by atoms with Gasteiger partial charge in [-0.15, -0.1) is 0 Å². The van der Waals surface area contributed by atoms with E-state index in [4.69, 9.17) is 9.47 Å². The van der Waals surface area contributed by atoms with Crippen LogP contribution in [0.1, 0.15) is 13.3 Å². The quantitative estimate of drug-likeness (QED) is 0.628. The number of ether oxygens (including phenoxy) is 2.